The van der Waals surface area contributed by atoms with Gasteiger partial charge in [0.15, 0.2) is 0 Å². The minimum atomic E-state index is -0.189. The number of nitrogens with zero attached hydrogens (tertiary/aromatic N) is 2. The van der Waals surface area contributed by atoms with Crippen LogP contribution in [-0.2, 0) is 4.79 Å². The Morgan fingerprint density at radius 2 is 1.62 bits per heavy atom. The second-order valence-corrected chi connectivity index (χ2v) is 7.05. The predicted octanol–water partition coefficient (Wildman–Crippen LogP) is 3.63. The molecule has 0 spiro atoms. The Kier molecular flexibility index (Phi) is 7.36. The second kappa shape index (κ2) is 10.2. The molecule has 2 aromatic rings. The summed E-state index contributed by atoms with van der Waals surface area (Å²) in [7, 11) is 0. The molecule has 29 heavy (non-hydrogen) atoms. The Labute approximate surface area is 173 Å². The molecule has 0 bridgehead atoms. The van der Waals surface area contributed by atoms with Crippen LogP contribution in [0, 0.1) is 0 Å². The second-order valence-electron chi connectivity index (χ2n) is 7.05. The zero-order chi connectivity index (χ0) is 20.6. The number of benzene rings is 2. The highest BCUT2D eigenvalue weighted by Gasteiger charge is 2.26. The van der Waals surface area contributed by atoms with Gasteiger partial charge in [-0.3, -0.25) is 9.69 Å². The zero-order valence-corrected chi connectivity index (χ0v) is 17.6. The van der Waals surface area contributed by atoms with Crippen molar-refractivity contribution in [2.45, 2.75) is 26.8 Å². The summed E-state index contributed by atoms with van der Waals surface area (Å²) < 4.78 is 11.2. The lowest BCUT2D eigenvalue weighted by Gasteiger charge is -2.39. The third-order valence-electron chi connectivity index (χ3n) is 5.18. The quantitative estimate of drug-likeness (QED) is 0.737. The lowest BCUT2D eigenvalue weighted by Crippen LogP contribution is -2.52. The molecule has 6 heteroatoms. The van der Waals surface area contributed by atoms with E-state index in [1.807, 2.05) is 63.2 Å². The molecule has 1 amide bonds. The minimum absolute atomic E-state index is 0.0114. The normalized spacial score (nSPS) is 15.6. The monoisotopic (exact) mass is 397 g/mol. The molecule has 0 aliphatic carbocycles. The molecule has 3 rings (SSSR count). The Bertz CT molecular complexity index is 786. The van der Waals surface area contributed by atoms with Crippen LogP contribution in [0.2, 0.25) is 0 Å². The molecular weight excluding hydrogens is 366 g/mol. The number of nitrogens with one attached hydrogen (secondary N) is 1. The smallest absolute Gasteiger partial charge is 0.241 e. The lowest BCUT2D eigenvalue weighted by molar-refractivity contribution is -0.120. The topological polar surface area (TPSA) is 54.0 Å². The number of para-hydroxylation sites is 2. The van der Waals surface area contributed by atoms with Gasteiger partial charge >= 0.3 is 0 Å². The van der Waals surface area contributed by atoms with E-state index in [4.69, 9.17) is 9.47 Å². The number of rotatable bonds is 8. The van der Waals surface area contributed by atoms with Crippen molar-refractivity contribution in [1.29, 1.82) is 0 Å². The van der Waals surface area contributed by atoms with Gasteiger partial charge in [-0.2, -0.15) is 0 Å². The minimum Gasteiger partial charge on any atom is -0.494 e. The molecule has 156 valence electrons. The average molecular weight is 398 g/mol. The van der Waals surface area contributed by atoms with Crippen LogP contribution in [0.25, 0.3) is 0 Å². The number of carbonyl (C=O) groups excluding carboxylic acids is 1. The summed E-state index contributed by atoms with van der Waals surface area (Å²) in [4.78, 5) is 17.3. The Morgan fingerprint density at radius 1 is 0.966 bits per heavy atom. The first-order valence-electron chi connectivity index (χ1n) is 10.4. The molecule has 1 N–H and O–H groups in total. The van der Waals surface area contributed by atoms with Crippen molar-refractivity contribution in [1.82, 2.24) is 4.90 Å². The van der Waals surface area contributed by atoms with Crippen molar-refractivity contribution < 1.29 is 14.3 Å². The van der Waals surface area contributed by atoms with Crippen LogP contribution in [0.5, 0.6) is 11.5 Å². The summed E-state index contributed by atoms with van der Waals surface area (Å²) in [5, 5.41) is 3.01. The summed E-state index contributed by atoms with van der Waals surface area (Å²) in [6, 6.07) is 15.5. The van der Waals surface area contributed by atoms with E-state index in [9.17, 15) is 4.79 Å². The molecule has 1 aliphatic rings. The Balaban J connectivity index is 1.54. The number of anilines is 2. The molecule has 0 saturated carbocycles. The molecular formula is C23H31N3O3. The molecule has 1 atom stereocenters. The Hall–Kier alpha value is -2.73. The van der Waals surface area contributed by atoms with Crippen molar-refractivity contribution in [3.05, 3.63) is 48.5 Å². The van der Waals surface area contributed by atoms with Gasteiger partial charge in [-0.25, -0.2) is 0 Å². The lowest BCUT2D eigenvalue weighted by atomic mass is 10.2. The van der Waals surface area contributed by atoms with E-state index < -0.39 is 0 Å². The van der Waals surface area contributed by atoms with Crippen LogP contribution in [0.4, 0.5) is 11.4 Å². The summed E-state index contributed by atoms with van der Waals surface area (Å²) in [5.74, 6) is 1.74. The van der Waals surface area contributed by atoms with E-state index >= 15 is 0 Å². The predicted molar refractivity (Wildman–Crippen MR) is 117 cm³/mol. The van der Waals surface area contributed by atoms with Crippen molar-refractivity contribution in [3.63, 3.8) is 0 Å². The number of carbonyl (C=O) groups is 1. The van der Waals surface area contributed by atoms with Gasteiger partial charge in [0.2, 0.25) is 5.91 Å². The maximum absolute atomic E-state index is 12.7. The van der Waals surface area contributed by atoms with E-state index in [-0.39, 0.29) is 11.9 Å². The van der Waals surface area contributed by atoms with Crippen LogP contribution < -0.4 is 19.7 Å². The highest BCUT2D eigenvalue weighted by atomic mass is 16.5. The average Bonchev–Trinajstić information content (AvgIpc) is 2.75. The Morgan fingerprint density at radius 3 is 2.28 bits per heavy atom. The van der Waals surface area contributed by atoms with E-state index in [0.29, 0.717) is 13.2 Å². The van der Waals surface area contributed by atoms with Gasteiger partial charge in [0.25, 0.3) is 0 Å². The summed E-state index contributed by atoms with van der Waals surface area (Å²) in [6.45, 7) is 10.6. The van der Waals surface area contributed by atoms with Crippen molar-refractivity contribution >= 4 is 17.3 Å². The molecule has 1 aliphatic heterocycles. The van der Waals surface area contributed by atoms with Crippen LogP contribution in [0.1, 0.15) is 20.8 Å². The SMILES string of the molecule is CCOc1ccc(NC(=O)[C@@H](C)N2CCN(c3ccccc3OCC)CC2)cc1. The number of piperazine rings is 1. The maximum Gasteiger partial charge on any atom is 0.241 e. The number of ether oxygens (including phenoxy) is 2. The van der Waals surface area contributed by atoms with Crippen molar-refractivity contribution in [2.75, 3.05) is 49.6 Å². The first-order chi connectivity index (χ1) is 14.1. The van der Waals surface area contributed by atoms with Gasteiger partial charge in [0, 0.05) is 31.9 Å². The van der Waals surface area contributed by atoms with Crippen molar-refractivity contribution in [2.24, 2.45) is 0 Å². The number of hydrogen-bond acceptors (Lipinski definition) is 5. The largest absolute Gasteiger partial charge is 0.494 e. The molecule has 0 aromatic heterocycles. The third-order valence-corrected chi connectivity index (χ3v) is 5.18. The maximum atomic E-state index is 12.7. The molecule has 1 heterocycles. The fraction of sp³-hybridized carbons (Fsp3) is 0.435. The summed E-state index contributed by atoms with van der Waals surface area (Å²) in [5.41, 5.74) is 1.91. The highest BCUT2D eigenvalue weighted by Crippen LogP contribution is 2.29. The van der Waals surface area contributed by atoms with Crippen LogP contribution >= 0.6 is 0 Å². The molecule has 6 nitrogen and oxygen atoms in total. The van der Waals surface area contributed by atoms with E-state index in [0.717, 1.165) is 49.1 Å². The number of hydrogen-bond donors (Lipinski definition) is 1. The standard InChI is InChI=1S/C23H31N3O3/c1-4-28-20-12-10-19(11-13-20)24-23(27)18(3)25-14-16-26(17-15-25)21-8-6-7-9-22(21)29-5-2/h6-13,18H,4-5,14-17H2,1-3H3,(H,24,27)/t18-/m1/s1. The van der Waals surface area contributed by atoms with Gasteiger partial charge < -0.3 is 19.7 Å². The van der Waals surface area contributed by atoms with E-state index in [2.05, 4.69) is 21.2 Å². The number of amides is 1. The van der Waals surface area contributed by atoms with Gasteiger partial charge in [-0.1, -0.05) is 12.1 Å². The van der Waals surface area contributed by atoms with Gasteiger partial charge in [0.05, 0.1) is 24.9 Å². The first kappa shape index (κ1) is 21.0. The summed E-state index contributed by atoms with van der Waals surface area (Å²) in [6.07, 6.45) is 0. The van der Waals surface area contributed by atoms with Gasteiger partial charge in [-0.15, -0.1) is 0 Å². The van der Waals surface area contributed by atoms with Crippen LogP contribution in [-0.4, -0.2) is 56.2 Å². The fourth-order valence-corrected chi connectivity index (χ4v) is 3.56. The van der Waals surface area contributed by atoms with Crippen LogP contribution in [0.3, 0.4) is 0 Å². The van der Waals surface area contributed by atoms with Gasteiger partial charge in [0.1, 0.15) is 11.5 Å². The summed E-state index contributed by atoms with van der Waals surface area (Å²) >= 11 is 0. The fourth-order valence-electron chi connectivity index (χ4n) is 3.56. The van der Waals surface area contributed by atoms with E-state index in [1.165, 1.54) is 0 Å². The first-order valence-corrected chi connectivity index (χ1v) is 10.4. The van der Waals surface area contributed by atoms with E-state index in [1.54, 1.807) is 0 Å². The molecule has 0 radical (unpaired) electrons. The highest BCUT2D eigenvalue weighted by molar-refractivity contribution is 5.94. The third kappa shape index (κ3) is 5.41. The molecule has 0 unspecified atom stereocenters. The zero-order valence-electron chi connectivity index (χ0n) is 17.6. The van der Waals surface area contributed by atoms with Crippen molar-refractivity contribution in [3.8, 4) is 11.5 Å². The molecule has 1 fully saturated rings. The molecule has 1 saturated heterocycles. The molecule has 2 aromatic carbocycles. The van der Waals surface area contributed by atoms with Crippen LogP contribution in [0.15, 0.2) is 48.5 Å². The van der Waals surface area contributed by atoms with Gasteiger partial charge in [-0.05, 0) is 57.2 Å².